The number of likely N-dealkylation sites (tertiary alicyclic amines) is 1. The van der Waals surface area contributed by atoms with E-state index in [0.717, 1.165) is 25.2 Å². The molecular weight excluding hydrogens is 268 g/mol. The number of hydrogen-bond donors (Lipinski definition) is 2. The highest BCUT2D eigenvalue weighted by atomic mass is 16.5. The van der Waals surface area contributed by atoms with Gasteiger partial charge in [-0.2, -0.15) is 0 Å². The first kappa shape index (κ1) is 16.4. The summed E-state index contributed by atoms with van der Waals surface area (Å²) in [4.78, 5) is 2.28. The number of nitrogens with zero attached hydrogens (tertiary/aromatic N) is 1. The van der Waals surface area contributed by atoms with Crippen LogP contribution < -0.4 is 5.73 Å². The average molecular weight is 294 g/mol. The van der Waals surface area contributed by atoms with Gasteiger partial charge in [-0.15, -0.1) is 0 Å². The van der Waals surface area contributed by atoms with Gasteiger partial charge in [0.05, 0.1) is 24.4 Å². The molecule has 1 aromatic carbocycles. The van der Waals surface area contributed by atoms with Crippen molar-refractivity contribution in [2.24, 2.45) is 5.73 Å². The maximum absolute atomic E-state index is 9.72. The van der Waals surface area contributed by atoms with Crippen molar-refractivity contribution in [1.29, 1.82) is 0 Å². The van der Waals surface area contributed by atoms with Gasteiger partial charge in [-0.25, -0.2) is 0 Å². The number of aliphatic hydroxyl groups excluding tert-OH is 1. The van der Waals surface area contributed by atoms with Gasteiger partial charge in [0, 0.05) is 33.9 Å². The van der Waals surface area contributed by atoms with Crippen molar-refractivity contribution >= 4 is 0 Å². The number of benzene rings is 1. The molecule has 0 aliphatic carbocycles. The molecule has 0 amide bonds. The second kappa shape index (κ2) is 7.33. The molecule has 5 heteroatoms. The maximum atomic E-state index is 9.72. The van der Waals surface area contributed by atoms with E-state index in [4.69, 9.17) is 15.2 Å². The number of aliphatic hydroxyl groups is 1. The predicted octanol–water partition coefficient (Wildman–Crippen LogP) is 0.569. The van der Waals surface area contributed by atoms with Crippen LogP contribution in [0, 0.1) is 0 Å². The maximum Gasteiger partial charge on any atom is 0.0971 e. The molecule has 0 spiro atoms. The first-order valence-electron chi connectivity index (χ1n) is 7.36. The summed E-state index contributed by atoms with van der Waals surface area (Å²) in [6.07, 6.45) is 0.904. The van der Waals surface area contributed by atoms with E-state index < -0.39 is 5.54 Å². The normalized spacial score (nSPS) is 25.9. The zero-order chi connectivity index (χ0) is 15.3. The van der Waals surface area contributed by atoms with Crippen molar-refractivity contribution in [3.8, 4) is 0 Å². The van der Waals surface area contributed by atoms with E-state index in [0.29, 0.717) is 6.42 Å². The summed E-state index contributed by atoms with van der Waals surface area (Å²) in [5.41, 5.74) is 6.66. The zero-order valence-electron chi connectivity index (χ0n) is 12.9. The van der Waals surface area contributed by atoms with Crippen LogP contribution in [0.2, 0.25) is 0 Å². The van der Waals surface area contributed by atoms with Gasteiger partial charge in [0.25, 0.3) is 0 Å². The summed E-state index contributed by atoms with van der Waals surface area (Å²) in [7, 11) is 3.43. The summed E-state index contributed by atoms with van der Waals surface area (Å²) in [5, 5.41) is 9.72. The van der Waals surface area contributed by atoms with Gasteiger partial charge in [-0.05, 0) is 12.0 Å². The van der Waals surface area contributed by atoms with Crippen LogP contribution in [0.25, 0.3) is 0 Å². The van der Waals surface area contributed by atoms with Crippen molar-refractivity contribution in [3.63, 3.8) is 0 Å². The lowest BCUT2D eigenvalue weighted by molar-refractivity contribution is -0.00461. The molecule has 0 radical (unpaired) electrons. The van der Waals surface area contributed by atoms with Crippen LogP contribution in [0.1, 0.15) is 12.0 Å². The Kier molecular flexibility index (Phi) is 5.72. The molecule has 21 heavy (non-hydrogen) atoms. The third-order valence-electron chi connectivity index (χ3n) is 4.40. The third-order valence-corrected chi connectivity index (χ3v) is 4.40. The lowest BCUT2D eigenvalue weighted by Gasteiger charge is -2.30. The molecule has 1 heterocycles. The fourth-order valence-corrected chi connectivity index (χ4v) is 2.90. The topological polar surface area (TPSA) is 68.0 Å². The quantitative estimate of drug-likeness (QED) is 0.769. The lowest BCUT2D eigenvalue weighted by atomic mass is 9.88. The molecule has 0 saturated carbocycles. The molecule has 1 fully saturated rings. The van der Waals surface area contributed by atoms with Gasteiger partial charge in [-0.3, -0.25) is 4.90 Å². The minimum absolute atomic E-state index is 0.0632. The van der Waals surface area contributed by atoms with Crippen molar-refractivity contribution in [3.05, 3.63) is 35.9 Å². The highest BCUT2D eigenvalue weighted by molar-refractivity contribution is 5.24. The molecule has 3 N–H and O–H groups in total. The molecule has 1 aliphatic rings. The molecule has 1 saturated heterocycles. The Morgan fingerprint density at radius 3 is 2.24 bits per heavy atom. The van der Waals surface area contributed by atoms with Crippen LogP contribution in [0.3, 0.4) is 0 Å². The largest absolute Gasteiger partial charge is 0.394 e. The van der Waals surface area contributed by atoms with E-state index in [2.05, 4.69) is 4.90 Å². The zero-order valence-corrected chi connectivity index (χ0v) is 12.9. The summed E-state index contributed by atoms with van der Waals surface area (Å²) in [5.74, 6) is 0. The molecule has 3 atom stereocenters. The summed E-state index contributed by atoms with van der Waals surface area (Å²) >= 11 is 0. The summed E-state index contributed by atoms with van der Waals surface area (Å²) < 4.78 is 10.9. The van der Waals surface area contributed by atoms with E-state index >= 15 is 0 Å². The highest BCUT2D eigenvalue weighted by Gasteiger charge is 2.34. The van der Waals surface area contributed by atoms with Gasteiger partial charge < -0.3 is 20.3 Å². The van der Waals surface area contributed by atoms with Crippen molar-refractivity contribution in [2.45, 2.75) is 24.2 Å². The second-order valence-electron chi connectivity index (χ2n) is 5.74. The SMILES string of the molecule is COC1CN(CCC(N)(CO)c2ccccc2)CC1OC. The Morgan fingerprint density at radius 2 is 1.76 bits per heavy atom. The molecule has 5 nitrogen and oxygen atoms in total. The number of rotatable bonds is 7. The molecule has 2 rings (SSSR count). The van der Waals surface area contributed by atoms with E-state index in [9.17, 15) is 5.11 Å². The minimum atomic E-state index is -0.699. The monoisotopic (exact) mass is 294 g/mol. The van der Waals surface area contributed by atoms with Gasteiger partial charge in [0.1, 0.15) is 0 Å². The molecule has 1 aromatic rings. The fraction of sp³-hybridized carbons (Fsp3) is 0.625. The molecule has 3 unspecified atom stereocenters. The second-order valence-corrected chi connectivity index (χ2v) is 5.74. The van der Waals surface area contributed by atoms with E-state index in [1.807, 2.05) is 30.3 Å². The van der Waals surface area contributed by atoms with Crippen LogP contribution in [0.4, 0.5) is 0 Å². The first-order valence-corrected chi connectivity index (χ1v) is 7.36. The lowest BCUT2D eigenvalue weighted by Crippen LogP contribution is -2.43. The smallest absolute Gasteiger partial charge is 0.0971 e. The Hall–Kier alpha value is -0.980. The minimum Gasteiger partial charge on any atom is -0.394 e. The van der Waals surface area contributed by atoms with E-state index in [1.54, 1.807) is 14.2 Å². The Labute approximate surface area is 126 Å². The van der Waals surface area contributed by atoms with Crippen molar-refractivity contribution in [2.75, 3.05) is 40.5 Å². The van der Waals surface area contributed by atoms with Gasteiger partial charge in [-0.1, -0.05) is 30.3 Å². The molecule has 118 valence electrons. The standard InChI is InChI=1S/C16H26N2O3/c1-20-14-10-18(11-15(14)21-2)9-8-16(17,12-19)13-6-4-3-5-7-13/h3-7,14-15,19H,8-12,17H2,1-2H3. The van der Waals surface area contributed by atoms with Crippen LogP contribution in [0.15, 0.2) is 30.3 Å². The molecule has 1 aliphatic heterocycles. The average Bonchev–Trinajstić information content (AvgIpc) is 2.96. The van der Waals surface area contributed by atoms with E-state index in [1.165, 1.54) is 0 Å². The Bertz CT molecular complexity index is 417. The first-order chi connectivity index (χ1) is 10.1. The van der Waals surface area contributed by atoms with Crippen LogP contribution in [-0.2, 0) is 15.0 Å². The van der Waals surface area contributed by atoms with Crippen molar-refractivity contribution < 1.29 is 14.6 Å². The Balaban J connectivity index is 1.95. The molecule has 0 bridgehead atoms. The highest BCUT2D eigenvalue weighted by Crippen LogP contribution is 2.24. The summed E-state index contributed by atoms with van der Waals surface area (Å²) in [6.45, 7) is 2.43. The summed E-state index contributed by atoms with van der Waals surface area (Å²) in [6, 6.07) is 9.79. The van der Waals surface area contributed by atoms with E-state index in [-0.39, 0.29) is 18.8 Å². The molecule has 0 aromatic heterocycles. The van der Waals surface area contributed by atoms with Crippen molar-refractivity contribution in [1.82, 2.24) is 4.90 Å². The number of methoxy groups -OCH3 is 2. The fourth-order valence-electron chi connectivity index (χ4n) is 2.90. The predicted molar refractivity (Wildman–Crippen MR) is 82.0 cm³/mol. The van der Waals surface area contributed by atoms with Crippen LogP contribution >= 0.6 is 0 Å². The van der Waals surface area contributed by atoms with Crippen LogP contribution in [0.5, 0.6) is 0 Å². The Morgan fingerprint density at radius 1 is 1.19 bits per heavy atom. The third kappa shape index (κ3) is 3.81. The van der Waals surface area contributed by atoms with Gasteiger partial charge in [0.15, 0.2) is 0 Å². The number of nitrogens with two attached hydrogens (primary N) is 1. The van der Waals surface area contributed by atoms with Crippen LogP contribution in [-0.4, -0.2) is 62.7 Å². The van der Waals surface area contributed by atoms with Gasteiger partial charge >= 0.3 is 0 Å². The number of hydrogen-bond acceptors (Lipinski definition) is 5. The van der Waals surface area contributed by atoms with Gasteiger partial charge in [0.2, 0.25) is 0 Å². The number of ether oxygens (including phenoxy) is 2. The molecular formula is C16H26N2O3.